The van der Waals surface area contributed by atoms with Crippen LogP contribution in [0.25, 0.3) is 22.3 Å². The van der Waals surface area contributed by atoms with E-state index in [0.717, 1.165) is 31.4 Å². The molecular formula is C74H58Cl8O26. The van der Waals surface area contributed by atoms with Gasteiger partial charge in [-0.15, -0.1) is 0 Å². The van der Waals surface area contributed by atoms with Crippen LogP contribution in [0.4, 0.5) is 0 Å². The Morgan fingerprint density at radius 2 is 0.759 bits per heavy atom. The van der Waals surface area contributed by atoms with Gasteiger partial charge in [-0.05, 0) is 75.4 Å². The number of halogens is 8. The van der Waals surface area contributed by atoms with E-state index in [4.69, 9.17) is 131 Å². The van der Waals surface area contributed by atoms with Crippen LogP contribution in [-0.2, 0) is 32.2 Å². The highest BCUT2D eigenvalue weighted by Crippen LogP contribution is 2.64. The largest absolute Gasteiger partial charge is 0.507 e. The minimum atomic E-state index is -2.38. The fraction of sp³-hybridized carbons (Fsp3) is 0.297. The van der Waals surface area contributed by atoms with Crippen LogP contribution < -0.4 is 19.2 Å². The van der Waals surface area contributed by atoms with E-state index in [-0.39, 0.29) is 65.9 Å². The van der Waals surface area contributed by atoms with E-state index in [1.807, 2.05) is 0 Å². The maximum Gasteiger partial charge on any atom is 0.197 e. The summed E-state index contributed by atoms with van der Waals surface area (Å²) < 4.78 is 37.4. The lowest BCUT2D eigenvalue weighted by Crippen LogP contribution is -2.36. The number of carbonyl (C=O) groups is 4. The standard InChI is InChI=1S/C74H58Cl8O26/c1-15-32-48(54(79)22(14-84)50(15)75)71(106-74-69(100)59(90)20(6)104-74)45-38(43-41-31(17(3)52(77)67(43)98)62(93)36-24(86)11-26(88)56(81)47(36)65(41)96)29(12-27(101-7)39(45)63(32)94)108-107-28-9-21(13-83)34-44(70(105-73-68(99)58(89)19(5)103-73)49-33(60(34)91)18(4)53(78)72(102-8)57(49)82)37(28)42-40-30(16(2)51(76)66(42)97)61(92)35-23(85)10-25(87)55(80)46(35)64(40)95/h9-12,19-20,58-59,64-65,68-71,73-74,83-90,95-100H,13-14H2,1-8H3. The molecule has 12 atom stereocenters. The molecule has 12 unspecified atom stereocenters. The van der Waals surface area contributed by atoms with Gasteiger partial charge in [0.1, 0.15) is 89.1 Å². The highest BCUT2D eigenvalue weighted by Gasteiger charge is 2.53. The van der Waals surface area contributed by atoms with Crippen LogP contribution in [0.3, 0.4) is 0 Å². The van der Waals surface area contributed by atoms with Crippen molar-refractivity contribution in [1.82, 2.24) is 0 Å². The third kappa shape index (κ3) is 10.8. The smallest absolute Gasteiger partial charge is 0.197 e. The van der Waals surface area contributed by atoms with Gasteiger partial charge in [-0.3, -0.25) is 29.0 Å². The van der Waals surface area contributed by atoms with Gasteiger partial charge in [0.25, 0.3) is 0 Å². The predicted octanol–water partition coefficient (Wildman–Crippen LogP) is 11.6. The van der Waals surface area contributed by atoms with Gasteiger partial charge in [-0.1, -0.05) is 92.8 Å². The molecule has 34 heteroatoms. The molecule has 0 bridgehead atoms. The summed E-state index contributed by atoms with van der Waals surface area (Å²) in [4.78, 5) is 76.4. The zero-order valence-corrected chi connectivity index (χ0v) is 62.9. The van der Waals surface area contributed by atoms with E-state index in [0.29, 0.717) is 0 Å². The van der Waals surface area contributed by atoms with E-state index >= 15 is 19.2 Å². The molecule has 26 nitrogen and oxygen atoms in total. The number of ether oxygens (including phenoxy) is 6. The number of aliphatic hydroxyl groups is 8. The Kier molecular flexibility index (Phi) is 19.7. The quantitative estimate of drug-likeness (QED) is 0.0376. The number of hydrogen-bond donors (Lipinski definition) is 14. The molecule has 14 N–H and O–H groups in total. The van der Waals surface area contributed by atoms with Crippen LogP contribution in [0.15, 0.2) is 24.3 Å². The molecule has 14 rings (SSSR count). The first-order chi connectivity index (χ1) is 51.0. The van der Waals surface area contributed by atoms with Crippen molar-refractivity contribution in [2.75, 3.05) is 14.2 Å². The minimum Gasteiger partial charge on any atom is -0.507 e. The summed E-state index contributed by atoms with van der Waals surface area (Å²) in [5, 5.41) is 163. The van der Waals surface area contributed by atoms with E-state index < -0.39 is 286 Å². The highest BCUT2D eigenvalue weighted by molar-refractivity contribution is 6.41. The Hall–Kier alpha value is -7.72. The minimum absolute atomic E-state index is 0.0324. The Balaban J connectivity index is 1.15. The second kappa shape index (κ2) is 27.6. The summed E-state index contributed by atoms with van der Waals surface area (Å²) >= 11 is 56.5. The molecular weight excluding hydrogens is 1590 g/mol. The number of ketones is 4. The number of rotatable bonds is 13. The molecule has 0 saturated carbocycles. The highest BCUT2D eigenvalue weighted by atomic mass is 35.5. The molecule has 0 amide bonds. The fourth-order valence-corrected chi connectivity index (χ4v) is 17.9. The zero-order chi connectivity index (χ0) is 78.5. The Labute approximate surface area is 649 Å². The van der Waals surface area contributed by atoms with Gasteiger partial charge in [0.15, 0.2) is 53.0 Å². The summed E-state index contributed by atoms with van der Waals surface area (Å²) in [6, 6.07) is 3.33. The van der Waals surface area contributed by atoms with Crippen molar-refractivity contribution in [3.63, 3.8) is 0 Å². The summed E-state index contributed by atoms with van der Waals surface area (Å²) in [6.07, 6.45) is -22.6. The van der Waals surface area contributed by atoms with Crippen molar-refractivity contribution in [1.29, 1.82) is 0 Å². The number of aromatic hydroxyl groups is 6. The number of hydrogen-bond acceptors (Lipinski definition) is 26. The average molecular weight is 1650 g/mol. The lowest BCUT2D eigenvalue weighted by atomic mass is 9.72. The molecule has 2 fully saturated rings. The van der Waals surface area contributed by atoms with E-state index in [9.17, 15) is 71.5 Å². The molecule has 0 aromatic heterocycles. The second-order valence-corrected chi connectivity index (χ2v) is 29.5. The van der Waals surface area contributed by atoms with Gasteiger partial charge in [-0.2, -0.15) is 0 Å². The Morgan fingerprint density at radius 3 is 1.17 bits per heavy atom. The molecule has 0 radical (unpaired) electrons. The van der Waals surface area contributed by atoms with Gasteiger partial charge in [0.2, 0.25) is 0 Å². The Bertz CT molecular complexity index is 5080. The molecule has 566 valence electrons. The average Bonchev–Trinajstić information content (AvgIpc) is 0.898. The van der Waals surface area contributed by atoms with Crippen molar-refractivity contribution in [2.45, 2.75) is 128 Å². The third-order valence-corrected chi connectivity index (χ3v) is 24.3. The fourth-order valence-electron chi connectivity index (χ4n) is 15.6. The van der Waals surface area contributed by atoms with Crippen LogP contribution >= 0.6 is 92.8 Å². The van der Waals surface area contributed by atoms with Crippen molar-refractivity contribution in [3.8, 4) is 79.7 Å². The normalized spacial score (nSPS) is 23.0. The molecule has 2 aliphatic heterocycles. The predicted molar refractivity (Wildman–Crippen MR) is 385 cm³/mol. The Morgan fingerprint density at radius 1 is 0.370 bits per heavy atom. The molecule has 2 heterocycles. The third-order valence-electron chi connectivity index (χ3n) is 20.8. The van der Waals surface area contributed by atoms with Gasteiger partial charge >= 0.3 is 0 Å². The molecule has 4 aliphatic carbocycles. The summed E-state index contributed by atoms with van der Waals surface area (Å²) in [7, 11) is 2.24. The maximum atomic E-state index is 16.1. The number of benzene rings is 8. The van der Waals surface area contributed by atoms with Crippen LogP contribution in [0.5, 0.6) is 57.5 Å². The molecule has 6 aliphatic rings. The maximum absolute atomic E-state index is 16.1. The van der Waals surface area contributed by atoms with Crippen molar-refractivity contribution in [2.24, 2.45) is 0 Å². The molecule has 8 aromatic rings. The van der Waals surface area contributed by atoms with E-state index in [1.165, 1.54) is 48.7 Å². The summed E-state index contributed by atoms with van der Waals surface area (Å²) in [5.41, 5.74) is -13.4. The first-order valence-electron chi connectivity index (χ1n) is 32.5. The number of methoxy groups -OCH3 is 2. The first-order valence-corrected chi connectivity index (χ1v) is 35.5. The van der Waals surface area contributed by atoms with Crippen LogP contribution in [-0.4, -0.2) is 158 Å². The van der Waals surface area contributed by atoms with Gasteiger partial charge in [0, 0.05) is 118 Å². The van der Waals surface area contributed by atoms with Gasteiger partial charge in [0.05, 0.1) is 96.5 Å². The monoisotopic (exact) mass is 1640 g/mol. The zero-order valence-electron chi connectivity index (χ0n) is 56.8. The number of phenolic OH excluding ortho intramolecular Hbond substituents is 6. The van der Waals surface area contributed by atoms with Crippen molar-refractivity contribution < 1.29 is 129 Å². The lowest BCUT2D eigenvalue weighted by molar-refractivity contribution is -0.182. The van der Waals surface area contributed by atoms with Crippen LogP contribution in [0.2, 0.25) is 40.2 Å². The van der Waals surface area contributed by atoms with Gasteiger partial charge < -0.3 is 99.9 Å². The van der Waals surface area contributed by atoms with Gasteiger partial charge in [-0.25, -0.2) is 0 Å². The molecule has 0 spiro atoms. The molecule has 108 heavy (non-hydrogen) atoms. The number of aliphatic hydroxyl groups excluding tert-OH is 8. The number of fused-ring (bicyclic) bond motifs is 8. The number of phenols is 6. The molecule has 2 saturated heterocycles. The molecule has 8 aromatic carbocycles. The van der Waals surface area contributed by atoms with Crippen molar-refractivity contribution >= 4 is 116 Å². The van der Waals surface area contributed by atoms with Crippen LogP contribution in [0, 0.1) is 27.7 Å². The topological polar surface area (TPSA) is 425 Å². The summed E-state index contributed by atoms with van der Waals surface area (Å²) in [6.45, 7) is 5.91. The van der Waals surface area contributed by atoms with E-state index in [1.54, 1.807) is 0 Å². The van der Waals surface area contributed by atoms with Crippen molar-refractivity contribution in [3.05, 3.63) is 187 Å². The first kappa shape index (κ1) is 77.0. The second-order valence-electron chi connectivity index (χ2n) is 26.5. The SMILES string of the molecule is COc1cc(OOc2cc(CO)c3c(c2-c2c(O)c(Cl)c(C)c4c2C(O)c2c(Cl)c(O)cc(O)c2C4=O)C(OC2OC(C)C(O)C2O)c2c(Cl)c(OC)c(Cl)c(C)c2C3=O)c(-c2c(O)c(Cl)c(C)c3c2C(O)c2c(Cl)c(O)cc(O)c2C3=O)c2c1C(=O)c1c(C)c(Cl)c(CO)c(Cl)c1C2OC1OC(C)C(O)C1O. The van der Waals surface area contributed by atoms with E-state index in [2.05, 4.69) is 0 Å². The van der Waals surface area contributed by atoms with Crippen LogP contribution in [0.1, 0.15) is 180 Å². The number of carbonyl (C=O) groups excluding carboxylic acids is 4. The summed E-state index contributed by atoms with van der Waals surface area (Å²) in [5.74, 6) is -12.7. The lowest BCUT2D eigenvalue weighted by Gasteiger charge is -2.37.